The summed E-state index contributed by atoms with van der Waals surface area (Å²) >= 11 is 0. The summed E-state index contributed by atoms with van der Waals surface area (Å²) in [7, 11) is -3.67. The average Bonchev–Trinajstić information content (AvgIpc) is 2.65. The van der Waals surface area contributed by atoms with Crippen LogP contribution in [-0.2, 0) is 14.6 Å². The van der Waals surface area contributed by atoms with Crippen molar-refractivity contribution in [3.63, 3.8) is 0 Å². The topological polar surface area (TPSA) is 107 Å². The number of benzene rings is 2. The number of sulfone groups is 1. The molecule has 2 aromatic carbocycles. The fraction of sp³-hybridized carbons (Fsp3) is 0.318. The van der Waals surface area contributed by atoms with Gasteiger partial charge in [-0.05, 0) is 52.0 Å². The normalized spacial score (nSPS) is 13.1. The average molecular weight is 444 g/mol. The Bertz CT molecular complexity index is 1290. The molecule has 0 radical (unpaired) electrons. The van der Waals surface area contributed by atoms with Crippen molar-refractivity contribution < 1.29 is 17.9 Å². The summed E-state index contributed by atoms with van der Waals surface area (Å²) in [5.74, 6) is 0.250. The van der Waals surface area contributed by atoms with Crippen molar-refractivity contribution >= 4 is 26.8 Å². The summed E-state index contributed by atoms with van der Waals surface area (Å²) in [5.41, 5.74) is -0.500. The number of hydrogen-bond donors (Lipinski definition) is 1. The van der Waals surface area contributed by atoms with Crippen molar-refractivity contribution in [2.45, 2.75) is 44.2 Å². The third kappa shape index (κ3) is 4.93. The van der Waals surface area contributed by atoms with Gasteiger partial charge in [-0.15, -0.1) is 0 Å². The van der Waals surface area contributed by atoms with Crippen LogP contribution in [0.15, 0.2) is 58.2 Å². The Labute approximate surface area is 180 Å². The summed E-state index contributed by atoms with van der Waals surface area (Å²) < 4.78 is 31.2. The van der Waals surface area contributed by atoms with Crippen LogP contribution in [0.5, 0.6) is 0 Å². The number of alkyl carbamates (subject to hydrolysis) is 1. The fourth-order valence-corrected chi connectivity index (χ4v) is 4.08. The summed E-state index contributed by atoms with van der Waals surface area (Å²) in [4.78, 5) is 30.3. The van der Waals surface area contributed by atoms with Gasteiger partial charge in [0.05, 0.1) is 27.5 Å². The fourth-order valence-electron chi connectivity index (χ4n) is 3.19. The Morgan fingerprint density at radius 1 is 1.10 bits per heavy atom. The quantitative estimate of drug-likeness (QED) is 0.662. The highest BCUT2D eigenvalue weighted by Crippen LogP contribution is 2.23. The molecule has 1 N–H and O–H groups in total. The molecule has 1 atom stereocenters. The lowest BCUT2D eigenvalue weighted by atomic mass is 10.2. The zero-order chi connectivity index (χ0) is 23.0. The van der Waals surface area contributed by atoms with Crippen LogP contribution in [0, 0.1) is 0 Å². The van der Waals surface area contributed by atoms with Crippen LogP contribution < -0.4 is 10.9 Å². The van der Waals surface area contributed by atoms with Crippen LogP contribution >= 0.6 is 0 Å². The van der Waals surface area contributed by atoms with E-state index in [9.17, 15) is 18.0 Å². The number of hydrogen-bond acceptors (Lipinski definition) is 6. The first kappa shape index (κ1) is 22.5. The molecule has 9 heteroatoms. The van der Waals surface area contributed by atoms with Gasteiger partial charge in [-0.3, -0.25) is 9.36 Å². The molecule has 8 nitrogen and oxygen atoms in total. The molecule has 0 saturated heterocycles. The SMILES string of the molecule is CC(NC(=O)OC(C)(C)C)c1nc2cccc(S(C)(=O)=O)c2c(=O)n1-c1ccccc1. The van der Waals surface area contributed by atoms with Gasteiger partial charge in [0.25, 0.3) is 5.56 Å². The van der Waals surface area contributed by atoms with Crippen LogP contribution in [0.4, 0.5) is 4.79 Å². The number of carbonyl (C=O) groups is 1. The van der Waals surface area contributed by atoms with Gasteiger partial charge in [0.1, 0.15) is 11.4 Å². The van der Waals surface area contributed by atoms with Gasteiger partial charge >= 0.3 is 6.09 Å². The standard InChI is InChI=1S/C22H25N3O5S/c1-14(23-21(27)30-22(2,3)4)19-24-16-12-9-13-17(31(5,28)29)18(16)20(26)25(19)15-10-7-6-8-11-15/h6-14H,1-5H3,(H,23,27). The molecule has 0 bridgehead atoms. The Kier molecular flexibility index (Phi) is 5.91. The molecule has 1 unspecified atom stereocenters. The van der Waals surface area contributed by atoms with Gasteiger partial charge in [-0.25, -0.2) is 18.2 Å². The maximum atomic E-state index is 13.6. The largest absolute Gasteiger partial charge is 0.444 e. The summed E-state index contributed by atoms with van der Waals surface area (Å²) in [6.45, 7) is 6.92. The van der Waals surface area contributed by atoms with Gasteiger partial charge in [0, 0.05) is 6.26 Å². The van der Waals surface area contributed by atoms with E-state index in [1.807, 2.05) is 0 Å². The maximum Gasteiger partial charge on any atom is 0.408 e. The molecule has 0 aliphatic rings. The number of amides is 1. The molecule has 0 fully saturated rings. The molecule has 1 amide bonds. The number of rotatable bonds is 4. The molecule has 1 heterocycles. The number of nitrogens with zero attached hydrogens (tertiary/aromatic N) is 2. The minimum Gasteiger partial charge on any atom is -0.444 e. The van der Waals surface area contributed by atoms with Crippen LogP contribution in [-0.4, -0.2) is 35.9 Å². The second-order valence-corrected chi connectivity index (χ2v) is 10.2. The molecule has 3 aromatic rings. The predicted molar refractivity (Wildman–Crippen MR) is 118 cm³/mol. The zero-order valence-corrected chi connectivity index (χ0v) is 18.9. The van der Waals surface area contributed by atoms with Crippen LogP contribution in [0.25, 0.3) is 16.6 Å². The molecule has 1 aromatic heterocycles. The Morgan fingerprint density at radius 3 is 2.32 bits per heavy atom. The number of fused-ring (bicyclic) bond motifs is 1. The number of para-hydroxylation sites is 1. The van der Waals surface area contributed by atoms with Crippen LogP contribution in [0.1, 0.15) is 39.6 Å². The van der Waals surface area contributed by atoms with Gasteiger partial charge in [0.2, 0.25) is 0 Å². The molecule has 164 valence electrons. The van der Waals surface area contributed by atoms with E-state index in [4.69, 9.17) is 4.74 Å². The van der Waals surface area contributed by atoms with Crippen molar-refractivity contribution in [3.05, 3.63) is 64.7 Å². The molecule has 31 heavy (non-hydrogen) atoms. The Balaban J connectivity index is 2.26. The van der Waals surface area contributed by atoms with Crippen molar-refractivity contribution in [2.75, 3.05) is 6.26 Å². The second-order valence-electron chi connectivity index (χ2n) is 8.24. The zero-order valence-electron chi connectivity index (χ0n) is 18.0. The van der Waals surface area contributed by atoms with Gasteiger partial charge in [0.15, 0.2) is 9.84 Å². The monoisotopic (exact) mass is 443 g/mol. The van der Waals surface area contributed by atoms with E-state index in [2.05, 4.69) is 10.3 Å². The minimum atomic E-state index is -3.67. The van der Waals surface area contributed by atoms with Crippen LogP contribution in [0.2, 0.25) is 0 Å². The van der Waals surface area contributed by atoms with E-state index in [-0.39, 0.29) is 21.6 Å². The van der Waals surface area contributed by atoms with Crippen molar-refractivity contribution in [2.24, 2.45) is 0 Å². The van der Waals surface area contributed by atoms with E-state index < -0.39 is 33.1 Å². The number of carbonyl (C=O) groups excluding carboxylic acids is 1. The van der Waals surface area contributed by atoms with E-state index >= 15 is 0 Å². The van der Waals surface area contributed by atoms with Crippen molar-refractivity contribution in [1.82, 2.24) is 14.9 Å². The number of ether oxygens (including phenoxy) is 1. The van der Waals surface area contributed by atoms with Gasteiger partial charge in [-0.1, -0.05) is 24.3 Å². The molecule has 0 saturated carbocycles. The third-order valence-corrected chi connectivity index (χ3v) is 5.56. The van der Waals surface area contributed by atoms with E-state index in [0.29, 0.717) is 5.69 Å². The first-order valence-corrected chi connectivity index (χ1v) is 11.6. The molecule has 0 aliphatic carbocycles. The molecular formula is C22H25N3O5S. The lowest BCUT2D eigenvalue weighted by molar-refractivity contribution is 0.0505. The first-order chi connectivity index (χ1) is 14.4. The van der Waals surface area contributed by atoms with E-state index in [1.165, 1.54) is 16.7 Å². The second kappa shape index (κ2) is 8.14. The van der Waals surface area contributed by atoms with Gasteiger partial charge < -0.3 is 10.1 Å². The molecular weight excluding hydrogens is 418 g/mol. The lowest BCUT2D eigenvalue weighted by Gasteiger charge is -2.23. The lowest BCUT2D eigenvalue weighted by Crippen LogP contribution is -2.37. The third-order valence-electron chi connectivity index (χ3n) is 4.42. The van der Waals surface area contributed by atoms with Crippen LogP contribution in [0.3, 0.4) is 0 Å². The van der Waals surface area contributed by atoms with Crippen molar-refractivity contribution in [3.8, 4) is 5.69 Å². The molecule has 0 aliphatic heterocycles. The first-order valence-electron chi connectivity index (χ1n) is 9.69. The highest BCUT2D eigenvalue weighted by atomic mass is 32.2. The minimum absolute atomic E-state index is 0.00192. The van der Waals surface area contributed by atoms with E-state index in [0.717, 1.165) is 6.26 Å². The number of nitrogens with one attached hydrogen (secondary N) is 1. The molecule has 0 spiro atoms. The summed E-state index contributed by atoms with van der Waals surface area (Å²) in [6.07, 6.45) is 0.396. The number of aromatic nitrogens is 2. The van der Waals surface area contributed by atoms with E-state index in [1.54, 1.807) is 64.1 Å². The summed E-state index contributed by atoms with van der Waals surface area (Å²) in [5, 5.41) is 2.70. The Hall–Kier alpha value is -3.20. The predicted octanol–water partition coefficient (Wildman–Crippen LogP) is 3.37. The summed E-state index contributed by atoms with van der Waals surface area (Å²) in [6, 6.07) is 12.5. The molecule has 3 rings (SSSR count). The maximum absolute atomic E-state index is 13.6. The Morgan fingerprint density at radius 2 is 1.74 bits per heavy atom. The highest BCUT2D eigenvalue weighted by Gasteiger charge is 2.24. The highest BCUT2D eigenvalue weighted by molar-refractivity contribution is 7.91. The van der Waals surface area contributed by atoms with Crippen molar-refractivity contribution in [1.29, 1.82) is 0 Å². The smallest absolute Gasteiger partial charge is 0.408 e. The van der Waals surface area contributed by atoms with Gasteiger partial charge in [-0.2, -0.15) is 0 Å².